The van der Waals surface area contributed by atoms with Gasteiger partial charge in [-0.1, -0.05) is 196 Å². The van der Waals surface area contributed by atoms with E-state index < -0.39 is 0 Å². The maximum atomic E-state index is 6.96. The zero-order valence-electron chi connectivity index (χ0n) is 53.3. The van der Waals surface area contributed by atoms with Gasteiger partial charge in [0, 0.05) is 78.5 Å². The molecule has 436 valence electrons. The van der Waals surface area contributed by atoms with Gasteiger partial charge in [-0.05, 0) is 195 Å². The molecule has 89 heavy (non-hydrogen) atoms. The van der Waals surface area contributed by atoms with E-state index in [1.807, 2.05) is 0 Å². The van der Waals surface area contributed by atoms with Crippen molar-refractivity contribution in [1.29, 1.82) is 0 Å². The van der Waals surface area contributed by atoms with Gasteiger partial charge in [0.25, 0.3) is 6.71 Å². The quantitative estimate of drug-likeness (QED) is 0.142. The zero-order valence-corrected chi connectivity index (χ0v) is 53.3. The molecule has 13 aromatic rings. The number of nitrogens with zero attached hydrogens (tertiary/aromatic N) is 4. The Morgan fingerprint density at radius 2 is 0.899 bits per heavy atom. The third-order valence-electron chi connectivity index (χ3n) is 18.9. The van der Waals surface area contributed by atoms with Gasteiger partial charge >= 0.3 is 0 Å². The van der Waals surface area contributed by atoms with Crippen LogP contribution in [-0.4, -0.2) is 11.3 Å². The van der Waals surface area contributed by atoms with Crippen molar-refractivity contribution in [1.82, 2.24) is 4.57 Å². The Bertz CT molecular complexity index is 4910. The number of para-hydroxylation sites is 3. The van der Waals surface area contributed by atoms with E-state index >= 15 is 0 Å². The molecule has 0 saturated heterocycles. The number of fused-ring (bicyclic) bond motifs is 8. The minimum atomic E-state index is -0.0867. The predicted octanol–water partition coefficient (Wildman–Crippen LogP) is 21.2. The molecular formula is C83H75BN4O. The number of hydrogen-bond acceptors (Lipinski definition) is 4. The smallest absolute Gasteiger partial charge is 0.252 e. The van der Waals surface area contributed by atoms with Crippen molar-refractivity contribution in [3.05, 3.63) is 270 Å². The lowest BCUT2D eigenvalue weighted by atomic mass is 9.33. The van der Waals surface area contributed by atoms with E-state index in [4.69, 9.17) is 4.42 Å². The van der Waals surface area contributed by atoms with Gasteiger partial charge in [-0.25, -0.2) is 0 Å². The van der Waals surface area contributed by atoms with Crippen LogP contribution in [0.25, 0.3) is 60.9 Å². The highest BCUT2D eigenvalue weighted by Crippen LogP contribution is 2.51. The van der Waals surface area contributed by atoms with Crippen molar-refractivity contribution in [2.75, 3.05) is 14.7 Å². The summed E-state index contributed by atoms with van der Waals surface area (Å²) in [4.78, 5) is 7.68. The van der Waals surface area contributed by atoms with Gasteiger partial charge in [0.05, 0.1) is 16.7 Å². The lowest BCUT2D eigenvalue weighted by molar-refractivity contribution is 0.590. The monoisotopic (exact) mass is 1150 g/mol. The van der Waals surface area contributed by atoms with E-state index in [0.29, 0.717) is 0 Å². The third-order valence-corrected chi connectivity index (χ3v) is 18.9. The fourth-order valence-electron chi connectivity index (χ4n) is 14.4. The van der Waals surface area contributed by atoms with E-state index in [9.17, 15) is 0 Å². The highest BCUT2D eigenvalue weighted by molar-refractivity contribution is 7.00. The summed E-state index contributed by atoms with van der Waals surface area (Å²) < 4.78 is 9.39. The molecule has 0 fully saturated rings. The van der Waals surface area contributed by atoms with Crippen molar-refractivity contribution < 1.29 is 4.42 Å². The first-order chi connectivity index (χ1) is 42.8. The number of aromatic nitrogens is 1. The lowest BCUT2D eigenvalue weighted by Gasteiger charge is -2.45. The van der Waals surface area contributed by atoms with Gasteiger partial charge in [-0.15, -0.1) is 0 Å². The fraction of sp³-hybridized carbons (Fsp3) is 0.181. The Hall–Kier alpha value is -9.78. The van der Waals surface area contributed by atoms with Gasteiger partial charge < -0.3 is 23.7 Å². The molecule has 0 unspecified atom stereocenters. The minimum Gasteiger partial charge on any atom is -0.455 e. The maximum Gasteiger partial charge on any atom is 0.252 e. The van der Waals surface area contributed by atoms with E-state index in [0.717, 1.165) is 89.9 Å². The summed E-state index contributed by atoms with van der Waals surface area (Å²) >= 11 is 0. The van der Waals surface area contributed by atoms with Crippen molar-refractivity contribution >= 4 is 107 Å². The Balaban J connectivity index is 1.00. The predicted molar refractivity (Wildman–Crippen MR) is 380 cm³/mol. The summed E-state index contributed by atoms with van der Waals surface area (Å²) in [6.07, 6.45) is 0. The van der Waals surface area contributed by atoms with Gasteiger partial charge in [0.1, 0.15) is 11.3 Å². The zero-order chi connectivity index (χ0) is 61.4. The molecular weight excluding hydrogens is 1080 g/mol. The average Bonchev–Trinajstić information content (AvgIpc) is 1.44. The third kappa shape index (κ3) is 9.29. The molecule has 0 atom stereocenters. The Kier molecular flexibility index (Phi) is 13.0. The largest absolute Gasteiger partial charge is 0.455 e. The first-order valence-corrected chi connectivity index (χ1v) is 31.6. The van der Waals surface area contributed by atoms with Crippen LogP contribution in [0.5, 0.6) is 0 Å². The average molecular weight is 1160 g/mol. The van der Waals surface area contributed by atoms with Crippen LogP contribution in [0.15, 0.2) is 241 Å². The Morgan fingerprint density at radius 3 is 1.56 bits per heavy atom. The molecule has 0 amide bonds. The molecule has 0 saturated carbocycles. The summed E-state index contributed by atoms with van der Waals surface area (Å²) in [5.74, 6) is 0.875. The molecule has 4 heterocycles. The highest BCUT2D eigenvalue weighted by atomic mass is 16.3. The molecule has 0 spiro atoms. The number of rotatable bonds is 8. The van der Waals surface area contributed by atoms with Gasteiger partial charge in [0.2, 0.25) is 0 Å². The second kappa shape index (κ2) is 20.7. The first kappa shape index (κ1) is 55.8. The van der Waals surface area contributed by atoms with Crippen molar-refractivity contribution in [3.63, 3.8) is 0 Å². The van der Waals surface area contributed by atoms with E-state index in [2.05, 4.69) is 339 Å². The molecule has 0 radical (unpaired) electrons. The Labute approximate surface area is 525 Å². The molecule has 0 aliphatic carbocycles. The van der Waals surface area contributed by atoms with Crippen LogP contribution in [0.4, 0.5) is 51.2 Å². The number of benzene rings is 11. The SMILES string of the molecule is Cc1cc2c3c(c1)N(c1c(C)cc(-c4oc5ccccc5c4-c4ccccc4)cc1C)c1cc(N(c4ccc(C(C)(C)C)cc4)c4ccc5c6ccccc6n(-c6ccccc6)c5c4)ccc1B3c1ccc(C(C)(C)C)cc1N2c1ccc(C(C)(C)C)cc1. The topological polar surface area (TPSA) is 27.8 Å². The first-order valence-electron chi connectivity index (χ1n) is 31.6. The van der Waals surface area contributed by atoms with Crippen LogP contribution in [0.2, 0.25) is 0 Å². The van der Waals surface area contributed by atoms with Gasteiger partial charge in [0.15, 0.2) is 0 Å². The molecule has 5 nitrogen and oxygen atoms in total. The van der Waals surface area contributed by atoms with Crippen molar-refractivity contribution in [2.45, 2.75) is 99.3 Å². The summed E-state index contributed by atoms with van der Waals surface area (Å²) in [5, 5.41) is 3.55. The second-order valence-corrected chi connectivity index (χ2v) is 28.0. The molecule has 0 bridgehead atoms. The number of hydrogen-bond donors (Lipinski definition) is 0. The molecule has 2 aliphatic heterocycles. The van der Waals surface area contributed by atoms with E-state index in [-0.39, 0.29) is 23.0 Å². The molecule has 11 aromatic carbocycles. The number of aryl methyl sites for hydroxylation is 3. The standard InChI is InChI=1S/C83H75BN4O/c1-52-45-74-78-75(46-52)88(79-53(2)47-56(48-54(79)3)80-77(55-23-15-13-16-24-55)67-28-20-22-30-76(67)89-80)73-51-64(41-44-69(73)84(78)68-43-35-59(83(10,11)12)49-72(68)87(74)62-38-33-58(34-39-62)82(7,8)9)85(61-36-31-57(32-37-61)81(4,5)6)63-40-42-66-65-27-19-21-29-70(65)86(71(66)50-63)60-25-17-14-18-26-60/h13-51H,1-12H3. The van der Waals surface area contributed by atoms with Crippen LogP contribution in [0.3, 0.4) is 0 Å². The number of furan rings is 1. The normalized spacial score (nSPS) is 13.1. The van der Waals surface area contributed by atoms with Crippen molar-refractivity contribution in [3.8, 4) is 28.1 Å². The molecule has 0 N–H and O–H groups in total. The second-order valence-electron chi connectivity index (χ2n) is 28.0. The summed E-state index contributed by atoms with van der Waals surface area (Å²) in [6.45, 7) is 27.6. The van der Waals surface area contributed by atoms with Crippen LogP contribution < -0.4 is 31.1 Å². The minimum absolute atomic E-state index is 0.00750. The molecule has 2 aromatic heterocycles. The summed E-state index contributed by atoms with van der Waals surface area (Å²) in [6, 6.07) is 88.8. The highest BCUT2D eigenvalue weighted by Gasteiger charge is 2.45. The molecule has 2 aliphatic rings. The molecule has 15 rings (SSSR count). The Morgan fingerprint density at radius 1 is 0.382 bits per heavy atom. The lowest BCUT2D eigenvalue weighted by Crippen LogP contribution is -2.61. The summed E-state index contributed by atoms with van der Waals surface area (Å²) in [7, 11) is 0. The van der Waals surface area contributed by atoms with Crippen molar-refractivity contribution in [2.24, 2.45) is 0 Å². The fourth-order valence-corrected chi connectivity index (χ4v) is 14.4. The van der Waals surface area contributed by atoms with E-state index in [1.54, 1.807) is 0 Å². The maximum absolute atomic E-state index is 6.96. The van der Waals surface area contributed by atoms with Crippen LogP contribution in [0.1, 0.15) is 95.7 Å². The van der Waals surface area contributed by atoms with Gasteiger partial charge in [-0.2, -0.15) is 0 Å². The van der Waals surface area contributed by atoms with Crippen LogP contribution in [0, 0.1) is 20.8 Å². The van der Waals surface area contributed by atoms with E-state index in [1.165, 1.54) is 72.0 Å². The van der Waals surface area contributed by atoms with Crippen LogP contribution >= 0.6 is 0 Å². The molecule has 6 heteroatoms. The summed E-state index contributed by atoms with van der Waals surface area (Å²) in [5.41, 5.74) is 29.1. The number of anilines is 9. The van der Waals surface area contributed by atoms with Crippen LogP contribution in [-0.2, 0) is 16.2 Å². The van der Waals surface area contributed by atoms with Gasteiger partial charge in [-0.3, -0.25) is 0 Å².